The summed E-state index contributed by atoms with van der Waals surface area (Å²) < 4.78 is 26.3. The second-order valence-electron chi connectivity index (χ2n) is 5.77. The minimum absolute atomic E-state index is 0.0112. The van der Waals surface area contributed by atoms with Crippen molar-refractivity contribution in [3.8, 4) is 0 Å². The number of rotatable bonds is 6. The number of nitrogens with zero attached hydrogens (tertiary/aromatic N) is 1. The minimum atomic E-state index is -2.15. The van der Waals surface area contributed by atoms with Crippen LogP contribution in [0.15, 0.2) is 33.6 Å². The number of nitrogens with two attached hydrogens (primary N) is 1. The maximum Gasteiger partial charge on any atom is 0.256 e. The maximum absolute atomic E-state index is 13.2. The molecule has 1 atom stereocenters. The molecule has 27 heavy (non-hydrogen) atoms. The molecule has 8 nitrogen and oxygen atoms in total. The molecular weight excluding hydrogens is 465 g/mol. The van der Waals surface area contributed by atoms with E-state index in [1.165, 1.54) is 6.07 Å². The Balaban J connectivity index is 1.89. The number of aliphatic hydroxyl groups is 1. The monoisotopic (exact) mass is 477 g/mol. The van der Waals surface area contributed by atoms with Gasteiger partial charge in [0.25, 0.3) is 11.8 Å². The molecule has 1 fully saturated rings. The van der Waals surface area contributed by atoms with Crippen LogP contribution in [0.5, 0.6) is 0 Å². The fraction of sp³-hybridized carbons (Fsp3) is 0.200. The Labute approximate surface area is 167 Å². The van der Waals surface area contributed by atoms with Crippen molar-refractivity contribution in [2.24, 2.45) is 5.73 Å². The summed E-state index contributed by atoms with van der Waals surface area (Å²) in [4.78, 5) is 23.7. The zero-order chi connectivity index (χ0) is 19.9. The topological polar surface area (TPSA) is 133 Å². The highest BCUT2D eigenvalue weighted by atomic mass is 79.9. The van der Waals surface area contributed by atoms with E-state index in [1.54, 1.807) is 0 Å². The van der Waals surface area contributed by atoms with Crippen LogP contribution in [0.4, 0.5) is 14.4 Å². The first-order valence-electron chi connectivity index (χ1n) is 7.46. The summed E-state index contributed by atoms with van der Waals surface area (Å²) in [5.74, 6) is -2.12. The second-order valence-corrected chi connectivity index (χ2v) is 8.94. The van der Waals surface area contributed by atoms with Gasteiger partial charge in [-0.3, -0.25) is 14.8 Å². The lowest BCUT2D eigenvalue weighted by Gasteiger charge is -2.14. The van der Waals surface area contributed by atoms with Crippen molar-refractivity contribution in [2.75, 3.05) is 9.79 Å². The van der Waals surface area contributed by atoms with E-state index in [1.807, 2.05) is 0 Å². The van der Waals surface area contributed by atoms with E-state index in [0.717, 1.165) is 29.5 Å². The predicted molar refractivity (Wildman–Crippen MR) is 100 cm³/mol. The molecule has 1 unspecified atom stereocenters. The van der Waals surface area contributed by atoms with Crippen molar-refractivity contribution in [1.82, 2.24) is 0 Å². The second kappa shape index (κ2) is 7.28. The van der Waals surface area contributed by atoms with Gasteiger partial charge in [-0.25, -0.2) is 8.60 Å². The van der Waals surface area contributed by atoms with Crippen molar-refractivity contribution in [3.05, 3.63) is 40.1 Å². The van der Waals surface area contributed by atoms with Crippen LogP contribution in [0.3, 0.4) is 0 Å². The SMILES string of the molecule is NC(=O)c1cc(N(O)S(=O)c2ccc(F)cc2Br)sc1NC(=O)C1(O)CC1. The largest absolute Gasteiger partial charge is 0.380 e. The van der Waals surface area contributed by atoms with Gasteiger partial charge in [-0.2, -0.15) is 4.47 Å². The number of amides is 2. The van der Waals surface area contributed by atoms with Crippen molar-refractivity contribution in [2.45, 2.75) is 23.3 Å². The van der Waals surface area contributed by atoms with Gasteiger partial charge in [-0.05, 0) is 53.0 Å². The molecule has 1 aliphatic carbocycles. The van der Waals surface area contributed by atoms with E-state index in [9.17, 15) is 28.5 Å². The smallest absolute Gasteiger partial charge is 0.256 e. The summed E-state index contributed by atoms with van der Waals surface area (Å²) in [7, 11) is -2.15. The molecule has 1 aromatic carbocycles. The molecule has 144 valence electrons. The average Bonchev–Trinajstić information content (AvgIpc) is 3.21. The highest BCUT2D eigenvalue weighted by molar-refractivity contribution is 9.10. The van der Waals surface area contributed by atoms with E-state index in [2.05, 4.69) is 21.2 Å². The van der Waals surface area contributed by atoms with Gasteiger partial charge in [0.05, 0.1) is 10.5 Å². The summed E-state index contributed by atoms with van der Waals surface area (Å²) in [5, 5.41) is 22.5. The van der Waals surface area contributed by atoms with Crippen LogP contribution in [-0.2, 0) is 15.8 Å². The van der Waals surface area contributed by atoms with Crippen LogP contribution in [0.2, 0.25) is 0 Å². The third-order valence-corrected chi connectivity index (χ3v) is 7.09. The van der Waals surface area contributed by atoms with Crippen LogP contribution in [0.25, 0.3) is 0 Å². The number of hydrogen-bond donors (Lipinski definition) is 4. The first-order valence-corrected chi connectivity index (χ1v) is 10.2. The Kier molecular flexibility index (Phi) is 5.36. The van der Waals surface area contributed by atoms with E-state index in [0.29, 0.717) is 17.3 Å². The summed E-state index contributed by atoms with van der Waals surface area (Å²) >= 11 is 3.82. The summed E-state index contributed by atoms with van der Waals surface area (Å²) in [6.45, 7) is 0. The molecule has 2 aromatic rings. The molecule has 0 bridgehead atoms. The van der Waals surface area contributed by atoms with Gasteiger partial charge in [-0.1, -0.05) is 11.3 Å². The van der Waals surface area contributed by atoms with E-state index >= 15 is 0 Å². The Hall–Kier alpha value is -1.86. The third kappa shape index (κ3) is 4.04. The van der Waals surface area contributed by atoms with Crippen LogP contribution in [0, 0.1) is 5.82 Å². The van der Waals surface area contributed by atoms with Gasteiger partial charge in [-0.15, -0.1) is 0 Å². The number of thiophene rings is 1. The van der Waals surface area contributed by atoms with E-state index < -0.39 is 34.2 Å². The molecule has 5 N–H and O–H groups in total. The molecule has 1 aromatic heterocycles. The zero-order valence-corrected chi connectivity index (χ0v) is 16.7. The van der Waals surface area contributed by atoms with Gasteiger partial charge in [0.2, 0.25) is 0 Å². The molecule has 0 radical (unpaired) electrons. The quantitative estimate of drug-likeness (QED) is 0.473. The van der Waals surface area contributed by atoms with Gasteiger partial charge in [0.1, 0.15) is 21.4 Å². The highest BCUT2D eigenvalue weighted by Crippen LogP contribution is 2.40. The van der Waals surface area contributed by atoms with Gasteiger partial charge in [0, 0.05) is 4.47 Å². The number of primary amides is 1. The Morgan fingerprint density at radius 1 is 1.37 bits per heavy atom. The molecule has 1 saturated carbocycles. The Bertz CT molecular complexity index is 963. The molecule has 2 amide bonds. The molecule has 12 heteroatoms. The predicted octanol–water partition coefficient (Wildman–Crippen LogP) is 2.13. The number of halogens is 2. The number of carbonyl (C=O) groups excluding carboxylic acids is 2. The number of anilines is 2. The Morgan fingerprint density at radius 2 is 2.04 bits per heavy atom. The first-order chi connectivity index (χ1) is 12.6. The fourth-order valence-electron chi connectivity index (χ4n) is 2.10. The van der Waals surface area contributed by atoms with Crippen molar-refractivity contribution < 1.29 is 28.5 Å². The van der Waals surface area contributed by atoms with Gasteiger partial charge in [0.15, 0.2) is 11.0 Å². The van der Waals surface area contributed by atoms with Crippen LogP contribution in [0.1, 0.15) is 23.2 Å². The summed E-state index contributed by atoms with van der Waals surface area (Å²) in [6, 6.07) is 4.56. The van der Waals surface area contributed by atoms with Crippen LogP contribution in [-0.4, -0.2) is 31.9 Å². The zero-order valence-electron chi connectivity index (χ0n) is 13.4. The lowest BCUT2D eigenvalue weighted by Crippen LogP contribution is -2.29. The molecule has 0 aliphatic heterocycles. The number of benzene rings is 1. The normalized spacial score (nSPS) is 15.9. The fourth-order valence-corrected chi connectivity index (χ4v) is 4.88. The molecule has 1 aliphatic rings. The molecule has 0 saturated heterocycles. The number of carbonyl (C=O) groups is 2. The van der Waals surface area contributed by atoms with Crippen molar-refractivity contribution >= 4 is 60.1 Å². The van der Waals surface area contributed by atoms with Crippen molar-refractivity contribution in [3.63, 3.8) is 0 Å². The maximum atomic E-state index is 13.2. The molecule has 1 heterocycles. The summed E-state index contributed by atoms with van der Waals surface area (Å²) in [6.07, 6.45) is 0.607. The number of hydrogen-bond acceptors (Lipinski definition) is 6. The first kappa shape index (κ1) is 19.9. The highest BCUT2D eigenvalue weighted by Gasteiger charge is 2.48. The minimum Gasteiger partial charge on any atom is -0.380 e. The van der Waals surface area contributed by atoms with Crippen LogP contribution >= 0.6 is 27.3 Å². The standard InChI is InChI=1S/C15H13BrFN3O5S2/c16-9-5-7(17)1-2-10(9)27(25)20(24)11-6-8(12(18)21)13(26-11)19-14(22)15(23)3-4-15/h1-2,5-6,23-24H,3-4H2,(H2,18,21)(H,19,22). The van der Waals surface area contributed by atoms with Gasteiger partial charge < -0.3 is 16.2 Å². The summed E-state index contributed by atoms with van der Waals surface area (Å²) in [5.41, 5.74) is 3.70. The van der Waals surface area contributed by atoms with E-state index in [4.69, 9.17) is 5.73 Å². The lowest BCUT2D eigenvalue weighted by atomic mass is 10.2. The molecular formula is C15H13BrFN3O5S2. The average molecular weight is 478 g/mol. The van der Waals surface area contributed by atoms with Crippen molar-refractivity contribution in [1.29, 1.82) is 0 Å². The Morgan fingerprint density at radius 3 is 2.59 bits per heavy atom. The molecule has 3 rings (SSSR count). The molecule has 0 spiro atoms. The number of nitrogens with one attached hydrogen (secondary N) is 1. The van der Waals surface area contributed by atoms with E-state index in [-0.39, 0.29) is 24.9 Å². The van der Waals surface area contributed by atoms with Crippen LogP contribution < -0.4 is 15.5 Å². The van der Waals surface area contributed by atoms with Gasteiger partial charge >= 0.3 is 0 Å². The third-order valence-electron chi connectivity index (χ3n) is 3.79. The lowest BCUT2D eigenvalue weighted by molar-refractivity contribution is -0.125.